The zero-order chi connectivity index (χ0) is 13.6. The third-order valence-electron chi connectivity index (χ3n) is 3.55. The van der Waals surface area contributed by atoms with Crippen LogP contribution in [0.5, 0.6) is 23.0 Å². The van der Waals surface area contributed by atoms with Gasteiger partial charge in [0.25, 0.3) is 0 Å². The van der Waals surface area contributed by atoms with E-state index in [2.05, 4.69) is 13.8 Å². The van der Waals surface area contributed by atoms with Gasteiger partial charge in [0.05, 0.1) is 0 Å². The highest BCUT2D eigenvalue weighted by molar-refractivity contribution is 5.57. The normalized spacial score (nSPS) is 13.8. The zero-order valence-electron chi connectivity index (χ0n) is 10.9. The van der Waals surface area contributed by atoms with Gasteiger partial charge in [-0.2, -0.15) is 0 Å². The monoisotopic (exact) mass is 256 g/mol. The molecule has 3 rings (SSSR count). The molecule has 2 aromatic rings. The lowest BCUT2D eigenvalue weighted by Crippen LogP contribution is -2.15. The first-order valence-corrected chi connectivity index (χ1v) is 6.40. The van der Waals surface area contributed by atoms with Crippen molar-refractivity contribution in [3.05, 3.63) is 47.5 Å². The van der Waals surface area contributed by atoms with E-state index in [4.69, 9.17) is 4.74 Å². The van der Waals surface area contributed by atoms with Crippen molar-refractivity contribution in [2.75, 3.05) is 0 Å². The van der Waals surface area contributed by atoms with Crippen LogP contribution < -0.4 is 4.74 Å². The molecule has 0 spiro atoms. The van der Waals surface area contributed by atoms with Crippen molar-refractivity contribution < 1.29 is 14.9 Å². The van der Waals surface area contributed by atoms with Gasteiger partial charge in [0.1, 0.15) is 23.0 Å². The van der Waals surface area contributed by atoms with Crippen LogP contribution in [0.2, 0.25) is 0 Å². The molecule has 1 aliphatic heterocycles. The molecule has 0 aromatic heterocycles. The topological polar surface area (TPSA) is 49.7 Å². The summed E-state index contributed by atoms with van der Waals surface area (Å²) in [5.74, 6) is 2.30. The number of ether oxygens (including phenoxy) is 1. The van der Waals surface area contributed by atoms with Crippen LogP contribution in [-0.4, -0.2) is 10.2 Å². The number of benzene rings is 2. The Morgan fingerprint density at radius 2 is 1.37 bits per heavy atom. The number of hydrogen-bond acceptors (Lipinski definition) is 3. The molecule has 0 saturated carbocycles. The molecule has 0 unspecified atom stereocenters. The van der Waals surface area contributed by atoms with E-state index in [1.165, 1.54) is 0 Å². The van der Waals surface area contributed by atoms with E-state index in [1.807, 2.05) is 12.1 Å². The van der Waals surface area contributed by atoms with E-state index in [-0.39, 0.29) is 17.4 Å². The Kier molecular flexibility index (Phi) is 2.63. The molecular formula is C16H16O3. The lowest BCUT2D eigenvalue weighted by molar-refractivity contribution is 0.405. The number of fused-ring (bicyclic) bond motifs is 2. The smallest absolute Gasteiger partial charge is 0.134 e. The van der Waals surface area contributed by atoms with Crippen LogP contribution in [0.4, 0.5) is 0 Å². The molecule has 3 heteroatoms. The first-order valence-electron chi connectivity index (χ1n) is 6.40. The van der Waals surface area contributed by atoms with Crippen molar-refractivity contribution in [3.63, 3.8) is 0 Å². The fourth-order valence-corrected chi connectivity index (χ4v) is 2.74. The molecule has 2 aromatic carbocycles. The van der Waals surface area contributed by atoms with Crippen LogP contribution in [-0.2, 0) is 0 Å². The number of hydrogen-bond donors (Lipinski definition) is 2. The van der Waals surface area contributed by atoms with E-state index in [0.29, 0.717) is 17.4 Å². The minimum atomic E-state index is 0.185. The Morgan fingerprint density at radius 1 is 0.895 bits per heavy atom. The molecule has 0 aliphatic carbocycles. The van der Waals surface area contributed by atoms with Crippen LogP contribution in [0.25, 0.3) is 0 Å². The van der Waals surface area contributed by atoms with Crippen molar-refractivity contribution in [2.24, 2.45) is 5.92 Å². The number of phenols is 2. The lowest BCUT2D eigenvalue weighted by atomic mass is 9.80. The Bertz CT molecular complexity index is 580. The van der Waals surface area contributed by atoms with Gasteiger partial charge in [-0.15, -0.1) is 0 Å². The number of aromatic hydroxyl groups is 2. The van der Waals surface area contributed by atoms with E-state index in [1.54, 1.807) is 24.3 Å². The minimum Gasteiger partial charge on any atom is -0.508 e. The molecule has 0 bridgehead atoms. The molecule has 0 amide bonds. The minimum absolute atomic E-state index is 0.185. The summed E-state index contributed by atoms with van der Waals surface area (Å²) in [6, 6.07) is 10.4. The quantitative estimate of drug-likeness (QED) is 0.811. The number of rotatable bonds is 1. The van der Waals surface area contributed by atoms with Crippen LogP contribution in [0.1, 0.15) is 30.9 Å². The van der Waals surface area contributed by atoms with Crippen LogP contribution in [0.3, 0.4) is 0 Å². The summed E-state index contributed by atoms with van der Waals surface area (Å²) in [5, 5.41) is 19.2. The first-order chi connectivity index (χ1) is 9.06. The van der Waals surface area contributed by atoms with E-state index in [9.17, 15) is 10.2 Å². The SMILES string of the molecule is CC(C)C1c2ccc(O)cc2Oc2cc(O)ccc21. The van der Waals surface area contributed by atoms with Gasteiger partial charge >= 0.3 is 0 Å². The maximum Gasteiger partial charge on any atom is 0.134 e. The Balaban J connectivity index is 2.20. The predicted octanol–water partition coefficient (Wildman–Crippen LogP) is 3.99. The summed E-state index contributed by atoms with van der Waals surface area (Å²) in [5.41, 5.74) is 2.15. The van der Waals surface area contributed by atoms with Gasteiger partial charge in [-0.25, -0.2) is 0 Å². The molecule has 3 nitrogen and oxygen atoms in total. The Morgan fingerprint density at radius 3 is 1.79 bits per heavy atom. The second-order valence-corrected chi connectivity index (χ2v) is 5.27. The molecule has 0 radical (unpaired) electrons. The summed E-state index contributed by atoms with van der Waals surface area (Å²) < 4.78 is 5.80. The summed E-state index contributed by atoms with van der Waals surface area (Å²) >= 11 is 0. The largest absolute Gasteiger partial charge is 0.508 e. The van der Waals surface area contributed by atoms with Crippen molar-refractivity contribution >= 4 is 0 Å². The van der Waals surface area contributed by atoms with E-state index in [0.717, 1.165) is 11.1 Å². The highest BCUT2D eigenvalue weighted by Gasteiger charge is 2.29. The van der Waals surface area contributed by atoms with Gasteiger partial charge in [-0.1, -0.05) is 26.0 Å². The van der Waals surface area contributed by atoms with E-state index < -0.39 is 0 Å². The van der Waals surface area contributed by atoms with Crippen molar-refractivity contribution in [1.29, 1.82) is 0 Å². The molecule has 0 fully saturated rings. The molecule has 0 atom stereocenters. The van der Waals surface area contributed by atoms with Gasteiger partial charge in [0.2, 0.25) is 0 Å². The molecule has 0 saturated heterocycles. The summed E-state index contributed by atoms with van der Waals surface area (Å²) in [6.45, 7) is 4.31. The second kappa shape index (κ2) is 4.19. The van der Waals surface area contributed by atoms with Gasteiger partial charge in [0, 0.05) is 29.2 Å². The van der Waals surface area contributed by atoms with Crippen LogP contribution >= 0.6 is 0 Å². The fourth-order valence-electron chi connectivity index (χ4n) is 2.74. The lowest BCUT2D eigenvalue weighted by Gasteiger charge is -2.30. The zero-order valence-corrected chi connectivity index (χ0v) is 10.9. The third-order valence-corrected chi connectivity index (χ3v) is 3.55. The van der Waals surface area contributed by atoms with Gasteiger partial charge in [-0.05, 0) is 18.1 Å². The third kappa shape index (κ3) is 1.91. The summed E-state index contributed by atoms with van der Waals surface area (Å²) in [4.78, 5) is 0. The van der Waals surface area contributed by atoms with Crippen LogP contribution in [0.15, 0.2) is 36.4 Å². The first kappa shape index (κ1) is 11.9. The van der Waals surface area contributed by atoms with Crippen molar-refractivity contribution in [3.8, 4) is 23.0 Å². The van der Waals surface area contributed by atoms with Crippen molar-refractivity contribution in [2.45, 2.75) is 19.8 Å². The van der Waals surface area contributed by atoms with Gasteiger partial charge in [0.15, 0.2) is 0 Å². The second-order valence-electron chi connectivity index (χ2n) is 5.27. The fraction of sp³-hybridized carbons (Fsp3) is 0.250. The maximum atomic E-state index is 9.59. The van der Waals surface area contributed by atoms with Crippen molar-refractivity contribution in [1.82, 2.24) is 0 Å². The highest BCUT2D eigenvalue weighted by Crippen LogP contribution is 2.48. The maximum absolute atomic E-state index is 9.59. The number of phenolic OH excluding ortho intramolecular Hbond substituents is 2. The standard InChI is InChI=1S/C16H16O3/c1-9(2)16-12-5-3-10(17)7-14(12)19-15-8-11(18)4-6-13(15)16/h3-9,16-18H,1-2H3. The van der Waals surface area contributed by atoms with Gasteiger partial charge in [-0.3, -0.25) is 0 Å². The van der Waals surface area contributed by atoms with E-state index >= 15 is 0 Å². The van der Waals surface area contributed by atoms with Gasteiger partial charge < -0.3 is 14.9 Å². The molecule has 1 heterocycles. The molecule has 19 heavy (non-hydrogen) atoms. The summed E-state index contributed by atoms with van der Waals surface area (Å²) in [7, 11) is 0. The molecule has 98 valence electrons. The Labute approximate surface area is 112 Å². The van der Waals surface area contributed by atoms with Crippen LogP contribution in [0, 0.1) is 5.92 Å². The average Bonchev–Trinajstić information content (AvgIpc) is 2.35. The Hall–Kier alpha value is -2.16. The predicted molar refractivity (Wildman–Crippen MR) is 73.0 cm³/mol. The molecule has 2 N–H and O–H groups in total. The average molecular weight is 256 g/mol. The summed E-state index contributed by atoms with van der Waals surface area (Å²) in [6.07, 6.45) is 0. The highest BCUT2D eigenvalue weighted by atomic mass is 16.5. The molecular weight excluding hydrogens is 240 g/mol. The molecule has 1 aliphatic rings.